The zero-order valence-corrected chi connectivity index (χ0v) is 12.0. The smallest absolute Gasteiger partial charge is 0.416 e. The molecule has 0 aliphatic carbocycles. The van der Waals surface area contributed by atoms with Gasteiger partial charge in [-0.3, -0.25) is 4.79 Å². The molecule has 1 saturated heterocycles. The molecule has 5 nitrogen and oxygen atoms in total. The van der Waals surface area contributed by atoms with Crippen LogP contribution in [0.25, 0.3) is 0 Å². The van der Waals surface area contributed by atoms with Crippen LogP contribution < -0.4 is 0 Å². The van der Waals surface area contributed by atoms with Gasteiger partial charge < -0.3 is 5.11 Å². The minimum atomic E-state index is -4.56. The zero-order valence-electron chi connectivity index (χ0n) is 10.4. The molecule has 1 aliphatic rings. The average Bonchev–Trinajstić information content (AvgIpc) is 2.88. The van der Waals surface area contributed by atoms with Gasteiger partial charge in [-0.2, -0.15) is 17.5 Å². The molecule has 1 aromatic rings. The number of aliphatic carboxylic acids is 1. The second-order valence-electron chi connectivity index (χ2n) is 4.27. The minimum Gasteiger partial charge on any atom is -0.480 e. The van der Waals surface area contributed by atoms with Crippen LogP contribution >= 0.6 is 11.8 Å². The maximum absolute atomic E-state index is 12.4. The summed E-state index contributed by atoms with van der Waals surface area (Å²) in [5.74, 6) is -1.22. The number of carboxylic acids is 1. The van der Waals surface area contributed by atoms with E-state index in [1.165, 1.54) is 0 Å². The summed E-state index contributed by atoms with van der Waals surface area (Å²) in [6, 6.07) is 1.78. The number of thioether (sulfide) groups is 1. The Morgan fingerprint density at radius 3 is 2.33 bits per heavy atom. The van der Waals surface area contributed by atoms with Gasteiger partial charge in [0.25, 0.3) is 0 Å². The fourth-order valence-electron chi connectivity index (χ4n) is 1.81. The van der Waals surface area contributed by atoms with Crippen molar-refractivity contribution in [3.05, 3.63) is 29.8 Å². The van der Waals surface area contributed by atoms with Crippen molar-refractivity contribution in [3.63, 3.8) is 0 Å². The summed E-state index contributed by atoms with van der Waals surface area (Å²) in [5.41, 5.74) is -0.966. The Bertz CT molecular complexity index is 642. The predicted molar refractivity (Wildman–Crippen MR) is 69.2 cm³/mol. The van der Waals surface area contributed by atoms with Gasteiger partial charge in [0, 0.05) is 5.75 Å². The van der Waals surface area contributed by atoms with Crippen LogP contribution in [0.3, 0.4) is 0 Å². The lowest BCUT2D eigenvalue weighted by molar-refractivity contribution is -0.140. The molecule has 0 amide bonds. The fraction of sp³-hybridized carbons (Fsp3) is 0.364. The molecule has 1 fully saturated rings. The topological polar surface area (TPSA) is 74.7 Å². The number of halogens is 3. The summed E-state index contributed by atoms with van der Waals surface area (Å²) in [4.78, 5) is 10.7. The Morgan fingerprint density at radius 1 is 1.29 bits per heavy atom. The molecule has 21 heavy (non-hydrogen) atoms. The van der Waals surface area contributed by atoms with Crippen molar-refractivity contribution in [2.45, 2.75) is 17.1 Å². The van der Waals surface area contributed by atoms with E-state index in [1.807, 2.05) is 0 Å². The Morgan fingerprint density at radius 2 is 1.86 bits per heavy atom. The van der Waals surface area contributed by atoms with Gasteiger partial charge >= 0.3 is 12.1 Å². The van der Waals surface area contributed by atoms with Crippen molar-refractivity contribution in [1.29, 1.82) is 0 Å². The fourth-order valence-corrected chi connectivity index (χ4v) is 4.94. The quantitative estimate of drug-likeness (QED) is 0.908. The monoisotopic (exact) mass is 341 g/mol. The molecule has 1 aromatic carbocycles. The third kappa shape index (κ3) is 3.16. The summed E-state index contributed by atoms with van der Waals surface area (Å²) in [7, 11) is -4.13. The normalized spacial score (nSPS) is 20.6. The molecule has 0 bridgehead atoms. The van der Waals surface area contributed by atoms with Crippen molar-refractivity contribution < 1.29 is 31.5 Å². The number of hydrogen-bond acceptors (Lipinski definition) is 4. The predicted octanol–water partition coefficient (Wildman–Crippen LogP) is 1.85. The van der Waals surface area contributed by atoms with E-state index < -0.39 is 33.8 Å². The van der Waals surface area contributed by atoms with Gasteiger partial charge in [-0.25, -0.2) is 8.42 Å². The van der Waals surface area contributed by atoms with E-state index in [0.717, 1.165) is 28.2 Å². The summed E-state index contributed by atoms with van der Waals surface area (Å²) in [6.45, 7) is 0. The van der Waals surface area contributed by atoms with Gasteiger partial charge in [0.15, 0.2) is 0 Å². The van der Waals surface area contributed by atoms with Gasteiger partial charge in [0.1, 0.15) is 6.04 Å². The first kappa shape index (κ1) is 16.1. The summed E-state index contributed by atoms with van der Waals surface area (Å²) in [5, 5.41) is 8.98. The molecular formula is C11H10F3NO4S2. The van der Waals surface area contributed by atoms with Gasteiger partial charge in [-0.1, -0.05) is 0 Å². The van der Waals surface area contributed by atoms with E-state index in [4.69, 9.17) is 5.11 Å². The third-order valence-electron chi connectivity index (χ3n) is 2.92. The molecule has 10 heteroatoms. The molecule has 1 atom stereocenters. The van der Waals surface area contributed by atoms with E-state index in [0.29, 0.717) is 12.1 Å². The number of nitrogens with zero attached hydrogens (tertiary/aromatic N) is 1. The summed E-state index contributed by atoms with van der Waals surface area (Å²) >= 11 is 1.13. The van der Waals surface area contributed by atoms with Crippen LogP contribution in [-0.2, 0) is 21.0 Å². The molecule has 2 rings (SSSR count). The van der Waals surface area contributed by atoms with Crippen LogP contribution in [0.5, 0.6) is 0 Å². The lowest BCUT2D eigenvalue weighted by atomic mass is 10.2. The lowest BCUT2D eigenvalue weighted by Gasteiger charge is -2.20. The highest BCUT2D eigenvalue weighted by Crippen LogP contribution is 2.32. The Balaban J connectivity index is 2.34. The van der Waals surface area contributed by atoms with Crippen LogP contribution in [-0.4, -0.2) is 41.5 Å². The number of alkyl halides is 3. The van der Waals surface area contributed by atoms with Crippen molar-refractivity contribution >= 4 is 27.8 Å². The van der Waals surface area contributed by atoms with Gasteiger partial charge in [0.05, 0.1) is 16.3 Å². The van der Waals surface area contributed by atoms with Crippen molar-refractivity contribution in [3.8, 4) is 0 Å². The first-order chi connectivity index (χ1) is 9.64. The largest absolute Gasteiger partial charge is 0.480 e. The Kier molecular flexibility index (Phi) is 4.22. The summed E-state index contributed by atoms with van der Waals surface area (Å²) < 4.78 is 62.7. The SMILES string of the molecule is O=C(O)[C@@H]1CSCN1S(=O)(=O)c1ccc(C(F)(F)F)cc1. The van der Waals surface area contributed by atoms with Crippen LogP contribution in [0.15, 0.2) is 29.2 Å². The highest BCUT2D eigenvalue weighted by atomic mass is 32.2. The highest BCUT2D eigenvalue weighted by molar-refractivity contribution is 8.00. The van der Waals surface area contributed by atoms with Crippen LogP contribution in [0.4, 0.5) is 13.2 Å². The van der Waals surface area contributed by atoms with Crippen LogP contribution in [0.1, 0.15) is 5.56 Å². The molecule has 1 aliphatic heterocycles. The molecular weight excluding hydrogens is 331 g/mol. The average molecular weight is 341 g/mol. The van der Waals surface area contributed by atoms with E-state index in [-0.39, 0.29) is 16.5 Å². The third-order valence-corrected chi connectivity index (χ3v) is 5.96. The van der Waals surface area contributed by atoms with Crippen LogP contribution in [0, 0.1) is 0 Å². The molecule has 0 saturated carbocycles. The van der Waals surface area contributed by atoms with E-state index in [2.05, 4.69) is 0 Å². The molecule has 0 radical (unpaired) electrons. The standard InChI is InChI=1S/C11H10F3NO4S2/c12-11(13,14)7-1-3-8(4-2-7)21(18,19)15-6-20-5-9(15)10(16)17/h1-4,9H,5-6H2,(H,16,17)/t9-/m0/s1. The number of carbonyl (C=O) groups is 1. The Hall–Kier alpha value is -1.26. The molecule has 116 valence electrons. The van der Waals surface area contributed by atoms with Gasteiger partial charge in [-0.05, 0) is 24.3 Å². The lowest BCUT2D eigenvalue weighted by Crippen LogP contribution is -2.41. The van der Waals surface area contributed by atoms with Crippen LogP contribution in [0.2, 0.25) is 0 Å². The summed E-state index contributed by atoms with van der Waals surface area (Å²) in [6.07, 6.45) is -4.56. The number of sulfonamides is 1. The molecule has 0 aromatic heterocycles. The maximum Gasteiger partial charge on any atom is 0.416 e. The minimum absolute atomic E-state index is 0.0413. The second-order valence-corrected chi connectivity index (χ2v) is 7.16. The van der Waals surface area contributed by atoms with Gasteiger partial charge in [-0.15, -0.1) is 11.8 Å². The first-order valence-corrected chi connectivity index (χ1v) is 8.23. The first-order valence-electron chi connectivity index (χ1n) is 5.63. The van der Waals surface area contributed by atoms with Crippen molar-refractivity contribution in [2.75, 3.05) is 11.6 Å². The van der Waals surface area contributed by atoms with Crippen molar-refractivity contribution in [1.82, 2.24) is 4.31 Å². The number of benzene rings is 1. The highest BCUT2D eigenvalue weighted by Gasteiger charge is 2.40. The number of hydrogen-bond donors (Lipinski definition) is 1. The Labute approximate surface area is 122 Å². The number of rotatable bonds is 3. The molecule has 0 unspecified atom stereocenters. The second kappa shape index (κ2) is 5.50. The molecule has 1 heterocycles. The number of carboxylic acid groups (broad SMARTS) is 1. The van der Waals surface area contributed by atoms with E-state index >= 15 is 0 Å². The maximum atomic E-state index is 12.4. The van der Waals surface area contributed by atoms with Gasteiger partial charge in [0.2, 0.25) is 10.0 Å². The zero-order chi connectivity index (χ0) is 15.8. The van der Waals surface area contributed by atoms with Crippen molar-refractivity contribution in [2.24, 2.45) is 0 Å². The molecule has 1 N–H and O–H groups in total. The molecule has 0 spiro atoms. The van der Waals surface area contributed by atoms with E-state index in [9.17, 15) is 26.4 Å². The van der Waals surface area contributed by atoms with E-state index in [1.54, 1.807) is 0 Å².